The van der Waals surface area contributed by atoms with Gasteiger partial charge >= 0.3 is 0 Å². The monoisotopic (exact) mass is 289 g/mol. The molecule has 0 saturated heterocycles. The van der Waals surface area contributed by atoms with Crippen LogP contribution in [0.5, 0.6) is 0 Å². The van der Waals surface area contributed by atoms with E-state index in [1.807, 2.05) is 18.2 Å². The molecule has 3 N–H and O–H groups in total. The van der Waals surface area contributed by atoms with Gasteiger partial charge in [0.25, 0.3) is 0 Å². The maximum absolute atomic E-state index is 11.4. The summed E-state index contributed by atoms with van der Waals surface area (Å²) in [7, 11) is 0. The molecule has 0 fully saturated rings. The van der Waals surface area contributed by atoms with Crippen molar-refractivity contribution in [3.8, 4) is 11.1 Å². The Hall–Kier alpha value is -1.91. The zero-order chi connectivity index (χ0) is 13.2. The molecule has 1 amide bonds. The van der Waals surface area contributed by atoms with E-state index in [9.17, 15) is 4.79 Å². The van der Waals surface area contributed by atoms with Crippen LogP contribution in [0, 0.1) is 0 Å². The number of nitrogens with one attached hydrogen (secondary N) is 1. The van der Waals surface area contributed by atoms with Gasteiger partial charge in [-0.3, -0.25) is 4.79 Å². The number of anilines is 1. The zero-order valence-electron chi connectivity index (χ0n) is 10.9. The molecule has 20 heavy (non-hydrogen) atoms. The summed E-state index contributed by atoms with van der Waals surface area (Å²) in [6, 6.07) is 10.2. The van der Waals surface area contributed by atoms with E-state index in [2.05, 4.69) is 22.4 Å². The lowest BCUT2D eigenvalue weighted by molar-refractivity contribution is -0.116. The number of fused-ring (bicyclic) bond motifs is 1. The molecule has 0 unspecified atom stereocenters. The standard InChI is InChI=1S/C15H15N3O.ClH/c16-9-10-1-3-11(4-2-10)12-7-8-17-15-13(12)5-6-14(19)18-15;/h1-4,7-8H,5-6,9,16H2,(H,17,18,19);1H. The number of hydrogen-bond donors (Lipinski definition) is 2. The number of nitrogens with zero attached hydrogens (tertiary/aromatic N) is 1. The summed E-state index contributed by atoms with van der Waals surface area (Å²) in [4.78, 5) is 15.6. The van der Waals surface area contributed by atoms with Crippen molar-refractivity contribution in [2.75, 3.05) is 5.32 Å². The number of pyridine rings is 1. The summed E-state index contributed by atoms with van der Waals surface area (Å²) >= 11 is 0. The van der Waals surface area contributed by atoms with Crippen LogP contribution in [0.4, 0.5) is 5.82 Å². The van der Waals surface area contributed by atoms with Gasteiger partial charge < -0.3 is 11.1 Å². The average molecular weight is 290 g/mol. The molecular weight excluding hydrogens is 274 g/mol. The Balaban J connectivity index is 0.00000147. The van der Waals surface area contributed by atoms with Gasteiger partial charge in [-0.2, -0.15) is 0 Å². The van der Waals surface area contributed by atoms with Crippen molar-refractivity contribution in [3.63, 3.8) is 0 Å². The molecule has 1 aliphatic heterocycles. The highest BCUT2D eigenvalue weighted by atomic mass is 35.5. The van der Waals surface area contributed by atoms with Crippen LogP contribution in [0.25, 0.3) is 11.1 Å². The molecule has 0 bridgehead atoms. The molecule has 2 aromatic rings. The van der Waals surface area contributed by atoms with Crippen LogP contribution in [-0.2, 0) is 17.8 Å². The number of benzene rings is 1. The molecule has 0 aliphatic carbocycles. The molecule has 2 heterocycles. The Morgan fingerprint density at radius 3 is 2.60 bits per heavy atom. The molecule has 104 valence electrons. The van der Waals surface area contributed by atoms with Crippen LogP contribution in [-0.4, -0.2) is 10.9 Å². The molecule has 3 rings (SSSR count). The number of carbonyl (C=O) groups excluding carboxylic acids is 1. The summed E-state index contributed by atoms with van der Waals surface area (Å²) in [6.07, 6.45) is 2.99. The fourth-order valence-electron chi connectivity index (χ4n) is 2.38. The molecule has 4 nitrogen and oxygen atoms in total. The molecule has 1 aliphatic rings. The minimum Gasteiger partial charge on any atom is -0.326 e. The third-order valence-corrected chi connectivity index (χ3v) is 3.42. The number of halogens is 1. The first-order valence-electron chi connectivity index (χ1n) is 6.35. The number of carbonyl (C=O) groups is 1. The summed E-state index contributed by atoms with van der Waals surface area (Å²) in [6.45, 7) is 0.546. The van der Waals surface area contributed by atoms with Gasteiger partial charge in [0.2, 0.25) is 5.91 Å². The third kappa shape index (κ3) is 2.66. The molecular formula is C15H16ClN3O. The zero-order valence-corrected chi connectivity index (χ0v) is 11.7. The lowest BCUT2D eigenvalue weighted by atomic mass is 9.95. The number of aromatic nitrogens is 1. The Morgan fingerprint density at radius 2 is 1.90 bits per heavy atom. The van der Waals surface area contributed by atoms with E-state index >= 15 is 0 Å². The van der Waals surface area contributed by atoms with E-state index in [0.717, 1.165) is 28.7 Å². The fraction of sp³-hybridized carbons (Fsp3) is 0.200. The molecule has 0 radical (unpaired) electrons. The summed E-state index contributed by atoms with van der Waals surface area (Å²) < 4.78 is 0. The highest BCUT2D eigenvalue weighted by Crippen LogP contribution is 2.31. The van der Waals surface area contributed by atoms with Crippen LogP contribution < -0.4 is 11.1 Å². The van der Waals surface area contributed by atoms with Gasteiger partial charge in [-0.05, 0) is 29.2 Å². The van der Waals surface area contributed by atoms with Gasteiger partial charge in [0, 0.05) is 24.7 Å². The third-order valence-electron chi connectivity index (χ3n) is 3.42. The first-order chi connectivity index (χ1) is 9.28. The first-order valence-corrected chi connectivity index (χ1v) is 6.35. The fourth-order valence-corrected chi connectivity index (χ4v) is 2.38. The van der Waals surface area contributed by atoms with E-state index < -0.39 is 0 Å². The van der Waals surface area contributed by atoms with Crippen LogP contribution >= 0.6 is 12.4 Å². The summed E-state index contributed by atoms with van der Waals surface area (Å²) in [5, 5.41) is 2.82. The second kappa shape index (κ2) is 6.03. The van der Waals surface area contributed by atoms with Crippen molar-refractivity contribution < 1.29 is 4.79 Å². The number of hydrogen-bond acceptors (Lipinski definition) is 3. The van der Waals surface area contributed by atoms with Gasteiger partial charge in [0.1, 0.15) is 5.82 Å². The Bertz CT molecular complexity index is 626. The average Bonchev–Trinajstić information content (AvgIpc) is 2.46. The number of rotatable bonds is 2. The normalized spacial score (nSPS) is 13.2. The van der Waals surface area contributed by atoms with E-state index in [-0.39, 0.29) is 18.3 Å². The summed E-state index contributed by atoms with van der Waals surface area (Å²) in [5.41, 5.74) is 10.1. The predicted octanol–water partition coefficient (Wildman–Crippen LogP) is 2.51. The van der Waals surface area contributed by atoms with E-state index in [0.29, 0.717) is 18.8 Å². The topological polar surface area (TPSA) is 68.0 Å². The minimum absolute atomic E-state index is 0. The molecule has 1 aromatic heterocycles. The second-order valence-electron chi connectivity index (χ2n) is 4.63. The molecule has 5 heteroatoms. The van der Waals surface area contributed by atoms with Crippen molar-refractivity contribution >= 4 is 24.1 Å². The van der Waals surface area contributed by atoms with Crippen molar-refractivity contribution in [1.82, 2.24) is 4.98 Å². The Morgan fingerprint density at radius 1 is 1.15 bits per heavy atom. The maximum atomic E-state index is 11.4. The van der Waals surface area contributed by atoms with E-state index in [4.69, 9.17) is 5.73 Å². The van der Waals surface area contributed by atoms with Crippen molar-refractivity contribution in [3.05, 3.63) is 47.7 Å². The smallest absolute Gasteiger partial charge is 0.225 e. The van der Waals surface area contributed by atoms with E-state index in [1.54, 1.807) is 6.20 Å². The van der Waals surface area contributed by atoms with Crippen LogP contribution in [0.3, 0.4) is 0 Å². The Kier molecular flexibility index (Phi) is 4.37. The van der Waals surface area contributed by atoms with Gasteiger partial charge in [-0.1, -0.05) is 24.3 Å². The molecule has 1 aromatic carbocycles. The lowest BCUT2D eigenvalue weighted by Crippen LogP contribution is -2.20. The van der Waals surface area contributed by atoms with Crippen molar-refractivity contribution in [2.24, 2.45) is 5.73 Å². The summed E-state index contributed by atoms with van der Waals surface area (Å²) in [5.74, 6) is 0.729. The van der Waals surface area contributed by atoms with Gasteiger partial charge in [-0.25, -0.2) is 4.98 Å². The second-order valence-corrected chi connectivity index (χ2v) is 4.63. The molecule has 0 spiro atoms. The highest BCUT2D eigenvalue weighted by molar-refractivity contribution is 5.94. The minimum atomic E-state index is 0. The quantitative estimate of drug-likeness (QED) is 0.892. The lowest BCUT2D eigenvalue weighted by Gasteiger charge is -2.19. The van der Waals surface area contributed by atoms with Crippen LogP contribution in [0.15, 0.2) is 36.5 Å². The van der Waals surface area contributed by atoms with E-state index in [1.165, 1.54) is 0 Å². The number of amides is 1. The predicted molar refractivity (Wildman–Crippen MR) is 81.8 cm³/mol. The largest absolute Gasteiger partial charge is 0.326 e. The molecule has 0 saturated carbocycles. The molecule has 0 atom stereocenters. The Labute approximate surface area is 123 Å². The highest BCUT2D eigenvalue weighted by Gasteiger charge is 2.19. The van der Waals surface area contributed by atoms with Crippen LogP contribution in [0.1, 0.15) is 17.5 Å². The van der Waals surface area contributed by atoms with Crippen molar-refractivity contribution in [1.29, 1.82) is 0 Å². The van der Waals surface area contributed by atoms with Crippen LogP contribution in [0.2, 0.25) is 0 Å². The van der Waals surface area contributed by atoms with Gasteiger partial charge in [0.15, 0.2) is 0 Å². The number of nitrogens with two attached hydrogens (primary N) is 1. The van der Waals surface area contributed by atoms with Crippen molar-refractivity contribution in [2.45, 2.75) is 19.4 Å². The SMILES string of the molecule is Cl.NCc1ccc(-c2ccnc3c2CCC(=O)N3)cc1. The van der Waals surface area contributed by atoms with Gasteiger partial charge in [0.05, 0.1) is 0 Å². The maximum Gasteiger partial charge on any atom is 0.225 e. The van der Waals surface area contributed by atoms with Gasteiger partial charge in [-0.15, -0.1) is 12.4 Å². The first kappa shape index (κ1) is 14.5.